The fourth-order valence-corrected chi connectivity index (χ4v) is 4.56. The number of hydrogen-bond donors (Lipinski definition) is 1. The summed E-state index contributed by atoms with van der Waals surface area (Å²) >= 11 is 0. The third-order valence-corrected chi connectivity index (χ3v) is 6.21. The Morgan fingerprint density at radius 1 is 0.864 bits per heavy atom. The maximum atomic E-state index is 12.3. The van der Waals surface area contributed by atoms with Gasteiger partial charge in [-0.05, 0) is 45.2 Å². The van der Waals surface area contributed by atoms with Crippen LogP contribution in [0.15, 0.2) is 0 Å². The van der Waals surface area contributed by atoms with Crippen molar-refractivity contribution in [2.45, 2.75) is 95.4 Å². The fourth-order valence-electron chi connectivity index (χ4n) is 4.56. The quantitative estimate of drug-likeness (QED) is 0.787. The van der Waals surface area contributed by atoms with Gasteiger partial charge < -0.3 is 5.73 Å². The van der Waals surface area contributed by atoms with E-state index < -0.39 is 0 Å². The molecular weight excluding hydrogens is 272 g/mol. The Hall–Kier alpha value is -0.570. The number of nitrogens with zero attached hydrogens (tertiary/aromatic N) is 1. The van der Waals surface area contributed by atoms with Gasteiger partial charge in [-0.2, -0.15) is 0 Å². The highest BCUT2D eigenvalue weighted by atomic mass is 16.1. The van der Waals surface area contributed by atoms with Crippen molar-refractivity contribution in [3.63, 3.8) is 0 Å². The van der Waals surface area contributed by atoms with Crippen LogP contribution < -0.4 is 5.73 Å². The molecule has 3 heteroatoms. The van der Waals surface area contributed by atoms with E-state index in [1.165, 1.54) is 70.6 Å². The minimum atomic E-state index is -0.366. The Labute approximate surface area is 137 Å². The highest BCUT2D eigenvalue weighted by molar-refractivity contribution is 5.84. The standard InChI is InChI=1S/C19H36N2O/c1-21-16-9-7-5-3-2-4-6-8-11-17-12-10-14-19(21,15-13-17)18(20)22/h17H,2-16H2,1H3,(H2,20,22). The zero-order valence-corrected chi connectivity index (χ0v) is 14.6. The van der Waals surface area contributed by atoms with E-state index in [4.69, 9.17) is 5.73 Å². The summed E-state index contributed by atoms with van der Waals surface area (Å²) in [7, 11) is 2.13. The number of carbonyl (C=O) groups excluding carboxylic acids is 1. The molecule has 2 bridgehead atoms. The second kappa shape index (κ2) is 8.90. The van der Waals surface area contributed by atoms with Crippen molar-refractivity contribution in [1.82, 2.24) is 4.90 Å². The number of primary amides is 1. The minimum Gasteiger partial charge on any atom is -0.368 e. The van der Waals surface area contributed by atoms with Crippen LogP contribution in [0.1, 0.15) is 89.9 Å². The maximum Gasteiger partial charge on any atom is 0.237 e. The first kappa shape index (κ1) is 17.8. The molecule has 2 aliphatic rings. The summed E-state index contributed by atoms with van der Waals surface area (Å²) in [5.41, 5.74) is 5.51. The van der Waals surface area contributed by atoms with Crippen molar-refractivity contribution >= 4 is 5.91 Å². The van der Waals surface area contributed by atoms with Gasteiger partial charge in [0.05, 0.1) is 5.54 Å². The Bertz CT molecular complexity index is 344. The van der Waals surface area contributed by atoms with Crippen molar-refractivity contribution < 1.29 is 4.79 Å². The topological polar surface area (TPSA) is 46.3 Å². The minimum absolute atomic E-state index is 0.0834. The Kier molecular flexibility index (Phi) is 7.20. The first-order valence-corrected chi connectivity index (χ1v) is 9.66. The monoisotopic (exact) mass is 308 g/mol. The molecule has 0 spiro atoms. The number of carbonyl (C=O) groups is 1. The molecule has 1 heterocycles. The predicted octanol–water partition coefficient (Wildman–Crippen LogP) is 4.25. The van der Waals surface area contributed by atoms with Crippen molar-refractivity contribution in [2.75, 3.05) is 13.6 Å². The Balaban J connectivity index is 2.05. The normalized spacial score (nSPS) is 33.6. The molecule has 1 aliphatic heterocycles. The third kappa shape index (κ3) is 4.71. The highest BCUT2D eigenvalue weighted by Crippen LogP contribution is 2.36. The first-order valence-electron chi connectivity index (χ1n) is 9.66. The van der Waals surface area contributed by atoms with Gasteiger partial charge in [0, 0.05) is 0 Å². The molecule has 1 saturated carbocycles. The zero-order chi connectivity index (χ0) is 15.8. The molecule has 2 unspecified atom stereocenters. The molecule has 0 aromatic carbocycles. The maximum absolute atomic E-state index is 12.3. The van der Waals surface area contributed by atoms with E-state index in [1.807, 2.05) is 0 Å². The van der Waals surface area contributed by atoms with Gasteiger partial charge >= 0.3 is 0 Å². The van der Waals surface area contributed by atoms with Gasteiger partial charge in [0.15, 0.2) is 0 Å². The molecule has 2 atom stereocenters. The second-order valence-electron chi connectivity index (χ2n) is 7.73. The Morgan fingerprint density at radius 2 is 1.45 bits per heavy atom. The average molecular weight is 309 g/mol. The summed E-state index contributed by atoms with van der Waals surface area (Å²) in [5.74, 6) is 0.736. The summed E-state index contributed by atoms with van der Waals surface area (Å²) in [5, 5.41) is 0. The predicted molar refractivity (Wildman–Crippen MR) is 92.7 cm³/mol. The lowest BCUT2D eigenvalue weighted by Gasteiger charge is -2.39. The van der Waals surface area contributed by atoms with Gasteiger partial charge in [-0.1, -0.05) is 64.2 Å². The molecule has 1 aliphatic carbocycles. The molecule has 2 rings (SSSR count). The molecular formula is C19H36N2O. The molecule has 0 aromatic heterocycles. The fraction of sp³-hybridized carbons (Fsp3) is 0.947. The molecule has 22 heavy (non-hydrogen) atoms. The first-order chi connectivity index (χ1) is 10.6. The van der Waals surface area contributed by atoms with Crippen LogP contribution in [0.5, 0.6) is 0 Å². The van der Waals surface area contributed by atoms with Crippen LogP contribution in [-0.4, -0.2) is 29.9 Å². The van der Waals surface area contributed by atoms with Crippen molar-refractivity contribution in [2.24, 2.45) is 11.7 Å². The number of fused-ring (bicyclic) bond motifs is 3. The molecule has 0 radical (unpaired) electrons. The van der Waals surface area contributed by atoms with Crippen molar-refractivity contribution in [1.29, 1.82) is 0 Å². The molecule has 3 nitrogen and oxygen atoms in total. The van der Waals surface area contributed by atoms with Crippen molar-refractivity contribution in [3.05, 3.63) is 0 Å². The van der Waals surface area contributed by atoms with E-state index in [-0.39, 0.29) is 11.4 Å². The number of likely N-dealkylation sites (N-methyl/N-ethyl adjacent to an activating group) is 1. The van der Waals surface area contributed by atoms with Gasteiger partial charge in [0.2, 0.25) is 5.91 Å². The van der Waals surface area contributed by atoms with Crippen LogP contribution in [0, 0.1) is 5.92 Å². The summed E-state index contributed by atoms with van der Waals surface area (Å²) in [6, 6.07) is 0. The molecule has 2 fully saturated rings. The van der Waals surface area contributed by atoms with E-state index in [0.717, 1.165) is 31.7 Å². The number of hydrogen-bond acceptors (Lipinski definition) is 2. The average Bonchev–Trinajstić information content (AvgIpc) is 2.71. The lowest BCUT2D eigenvalue weighted by atomic mass is 9.86. The van der Waals surface area contributed by atoms with Gasteiger partial charge in [-0.15, -0.1) is 0 Å². The van der Waals surface area contributed by atoms with Gasteiger partial charge in [-0.3, -0.25) is 9.69 Å². The zero-order valence-electron chi connectivity index (χ0n) is 14.6. The van der Waals surface area contributed by atoms with Gasteiger partial charge in [0.25, 0.3) is 0 Å². The van der Waals surface area contributed by atoms with E-state index in [1.54, 1.807) is 0 Å². The van der Waals surface area contributed by atoms with Crippen LogP contribution in [0.4, 0.5) is 0 Å². The highest BCUT2D eigenvalue weighted by Gasteiger charge is 2.41. The lowest BCUT2D eigenvalue weighted by molar-refractivity contribution is -0.130. The van der Waals surface area contributed by atoms with E-state index in [9.17, 15) is 4.79 Å². The summed E-state index contributed by atoms with van der Waals surface area (Å²) in [6.45, 7) is 1.02. The van der Waals surface area contributed by atoms with Crippen LogP contribution >= 0.6 is 0 Å². The number of rotatable bonds is 1. The lowest BCUT2D eigenvalue weighted by Crippen LogP contribution is -2.56. The molecule has 2 N–H and O–H groups in total. The smallest absolute Gasteiger partial charge is 0.237 e. The van der Waals surface area contributed by atoms with Crippen molar-refractivity contribution in [3.8, 4) is 0 Å². The van der Waals surface area contributed by atoms with E-state index >= 15 is 0 Å². The number of nitrogens with two attached hydrogens (primary N) is 1. The SMILES string of the molecule is CN1CCCCCCCCCCC2CCCC1(C(N)=O)CC2. The number of amides is 1. The molecule has 0 aromatic rings. The van der Waals surface area contributed by atoms with Gasteiger partial charge in [0.1, 0.15) is 0 Å². The molecule has 1 amide bonds. The third-order valence-electron chi connectivity index (χ3n) is 6.21. The van der Waals surface area contributed by atoms with Crippen LogP contribution in [0.25, 0.3) is 0 Å². The van der Waals surface area contributed by atoms with Gasteiger partial charge in [-0.25, -0.2) is 0 Å². The van der Waals surface area contributed by atoms with Crippen LogP contribution in [0.3, 0.4) is 0 Å². The van der Waals surface area contributed by atoms with Crippen LogP contribution in [0.2, 0.25) is 0 Å². The molecule has 1 saturated heterocycles. The summed E-state index contributed by atoms with van der Waals surface area (Å²) in [4.78, 5) is 14.6. The largest absolute Gasteiger partial charge is 0.368 e. The van der Waals surface area contributed by atoms with E-state index in [0.29, 0.717) is 0 Å². The summed E-state index contributed by atoms with van der Waals surface area (Å²) in [6.07, 6.45) is 17.8. The van der Waals surface area contributed by atoms with Crippen LogP contribution in [-0.2, 0) is 4.79 Å². The second-order valence-corrected chi connectivity index (χ2v) is 7.73. The molecule has 128 valence electrons. The summed E-state index contributed by atoms with van der Waals surface area (Å²) < 4.78 is 0. The van der Waals surface area contributed by atoms with E-state index in [2.05, 4.69) is 11.9 Å². The Morgan fingerprint density at radius 3 is 2.14 bits per heavy atom.